The van der Waals surface area contributed by atoms with Gasteiger partial charge in [0.15, 0.2) is 6.61 Å². The van der Waals surface area contributed by atoms with Gasteiger partial charge in [0, 0.05) is 0 Å². The first kappa shape index (κ1) is 15.7. The fourth-order valence-corrected chi connectivity index (χ4v) is 1.32. The van der Waals surface area contributed by atoms with Crippen molar-refractivity contribution in [2.45, 2.75) is 25.6 Å². The number of carboxylic acid groups (broad SMARTS) is 1. The maximum Gasteiger partial charge on any atom is 0.422 e. The number of hydrogen-bond donors (Lipinski definition) is 1. The molecule has 0 aromatic carbocycles. The summed E-state index contributed by atoms with van der Waals surface area (Å²) in [5.41, 5.74) is -0.758. The summed E-state index contributed by atoms with van der Waals surface area (Å²) >= 11 is 0. The van der Waals surface area contributed by atoms with Crippen molar-refractivity contribution >= 4 is 11.7 Å². The Kier molecular flexibility index (Phi) is 4.53. The molecule has 112 valence electrons. The van der Waals surface area contributed by atoms with Gasteiger partial charge in [-0.15, -0.1) is 5.10 Å². The van der Waals surface area contributed by atoms with Crippen molar-refractivity contribution in [1.29, 1.82) is 0 Å². The Morgan fingerprint density at radius 3 is 2.70 bits per heavy atom. The van der Waals surface area contributed by atoms with E-state index in [0.717, 1.165) is 10.9 Å². The number of aliphatic carboxylic acids is 1. The smallest absolute Gasteiger partial charge is 0.422 e. The molecule has 1 heterocycles. The van der Waals surface area contributed by atoms with Gasteiger partial charge in [-0.2, -0.15) is 13.2 Å². The van der Waals surface area contributed by atoms with Crippen LogP contribution in [0.25, 0.3) is 0 Å². The third-order valence-electron chi connectivity index (χ3n) is 2.17. The van der Waals surface area contributed by atoms with Crippen LogP contribution in [0.3, 0.4) is 0 Å². The van der Waals surface area contributed by atoms with Gasteiger partial charge in [-0.3, -0.25) is 19.6 Å². The topological polar surface area (TPSA) is 107 Å². The molecule has 1 aromatic heterocycles. The van der Waals surface area contributed by atoms with E-state index in [1.54, 1.807) is 0 Å². The zero-order valence-electron chi connectivity index (χ0n) is 10.1. The summed E-state index contributed by atoms with van der Waals surface area (Å²) in [7, 11) is 0. The highest BCUT2D eigenvalue weighted by Crippen LogP contribution is 2.28. The molecule has 1 N–H and O–H groups in total. The van der Waals surface area contributed by atoms with Gasteiger partial charge in [-0.1, -0.05) is 0 Å². The van der Waals surface area contributed by atoms with Crippen LogP contribution in [0, 0.1) is 10.1 Å². The van der Waals surface area contributed by atoms with Crippen molar-refractivity contribution in [1.82, 2.24) is 9.78 Å². The van der Waals surface area contributed by atoms with Crippen LogP contribution in [0.5, 0.6) is 5.88 Å². The average molecular weight is 297 g/mol. The van der Waals surface area contributed by atoms with Crippen molar-refractivity contribution < 1.29 is 32.7 Å². The highest BCUT2D eigenvalue weighted by atomic mass is 19.4. The normalized spacial score (nSPS) is 13.0. The number of nitrogens with zero attached hydrogens (tertiary/aromatic N) is 3. The average Bonchev–Trinajstić information content (AvgIpc) is 2.68. The Labute approximate surface area is 109 Å². The third-order valence-corrected chi connectivity index (χ3v) is 2.17. The van der Waals surface area contributed by atoms with Crippen molar-refractivity contribution in [3.8, 4) is 5.88 Å². The van der Waals surface area contributed by atoms with E-state index in [9.17, 15) is 28.1 Å². The fourth-order valence-electron chi connectivity index (χ4n) is 1.32. The maximum absolute atomic E-state index is 12.0. The first-order chi connectivity index (χ1) is 9.10. The summed E-state index contributed by atoms with van der Waals surface area (Å²) in [6.45, 7) is -0.323. The first-order valence-electron chi connectivity index (χ1n) is 5.25. The third kappa shape index (κ3) is 4.40. The summed E-state index contributed by atoms with van der Waals surface area (Å²) in [6.07, 6.45) is -4.22. The second kappa shape index (κ2) is 5.75. The lowest BCUT2D eigenvalue weighted by Crippen LogP contribution is -2.20. The molecule has 1 aromatic rings. The largest absolute Gasteiger partial charge is 0.481 e. The zero-order valence-corrected chi connectivity index (χ0v) is 10.1. The van der Waals surface area contributed by atoms with Gasteiger partial charge in [0.1, 0.15) is 6.20 Å². The molecule has 0 aliphatic heterocycles. The molecule has 0 unspecified atom stereocenters. The summed E-state index contributed by atoms with van der Waals surface area (Å²) in [6, 6.07) is -0.769. The molecule has 0 fully saturated rings. The molecule has 1 rings (SSSR count). The minimum absolute atomic E-state index is 0.391. The first-order valence-corrected chi connectivity index (χ1v) is 5.25. The predicted molar refractivity (Wildman–Crippen MR) is 57.4 cm³/mol. The lowest BCUT2D eigenvalue weighted by Gasteiger charge is -2.08. The number of alkyl halides is 3. The number of nitro groups is 1. The second-order valence-electron chi connectivity index (χ2n) is 3.91. The van der Waals surface area contributed by atoms with Crippen LogP contribution in [-0.2, 0) is 4.79 Å². The minimum Gasteiger partial charge on any atom is -0.481 e. The standard InChI is InChI=1S/C9H10F3N3O5/c1-5(2-7(16)17)14-3-6(15(18)19)8(13-14)20-4-9(10,11)12/h3,5H,2,4H2,1H3,(H,16,17)/t5-/m0/s1. The Morgan fingerprint density at radius 1 is 1.65 bits per heavy atom. The second-order valence-corrected chi connectivity index (χ2v) is 3.91. The van der Waals surface area contributed by atoms with Crippen molar-refractivity contribution in [3.05, 3.63) is 16.3 Å². The molecule has 8 nitrogen and oxygen atoms in total. The molecule has 0 saturated heterocycles. The van der Waals surface area contributed by atoms with Gasteiger partial charge < -0.3 is 9.84 Å². The van der Waals surface area contributed by atoms with Crippen LogP contribution in [0.15, 0.2) is 6.20 Å². The van der Waals surface area contributed by atoms with Crippen LogP contribution in [0.2, 0.25) is 0 Å². The lowest BCUT2D eigenvalue weighted by atomic mass is 10.2. The highest BCUT2D eigenvalue weighted by Gasteiger charge is 2.32. The van der Waals surface area contributed by atoms with Crippen molar-refractivity contribution in [3.63, 3.8) is 0 Å². The molecule has 11 heteroatoms. The Hall–Kier alpha value is -2.33. The van der Waals surface area contributed by atoms with E-state index in [-0.39, 0.29) is 0 Å². The van der Waals surface area contributed by atoms with Crippen LogP contribution in [0.4, 0.5) is 18.9 Å². The number of aromatic nitrogens is 2. The van der Waals surface area contributed by atoms with Crippen LogP contribution in [0.1, 0.15) is 19.4 Å². The molecular weight excluding hydrogens is 287 g/mol. The molecule has 0 spiro atoms. The van der Waals surface area contributed by atoms with E-state index in [2.05, 4.69) is 9.84 Å². The highest BCUT2D eigenvalue weighted by molar-refractivity contribution is 5.67. The number of ether oxygens (including phenoxy) is 1. The zero-order chi connectivity index (χ0) is 15.5. The van der Waals surface area contributed by atoms with Gasteiger partial charge in [0.2, 0.25) is 0 Å². The molecule has 0 amide bonds. The molecule has 0 aliphatic carbocycles. The Morgan fingerprint density at radius 2 is 2.25 bits per heavy atom. The summed E-state index contributed by atoms with van der Waals surface area (Å²) in [4.78, 5) is 20.2. The predicted octanol–water partition coefficient (Wildman–Crippen LogP) is 1.77. The fraction of sp³-hybridized carbons (Fsp3) is 0.556. The van der Waals surface area contributed by atoms with Gasteiger partial charge in [-0.05, 0) is 6.92 Å². The van der Waals surface area contributed by atoms with E-state index >= 15 is 0 Å². The summed E-state index contributed by atoms with van der Waals surface area (Å²) < 4.78 is 41.2. The number of carboxylic acids is 1. The lowest BCUT2D eigenvalue weighted by molar-refractivity contribution is -0.386. The number of rotatable bonds is 6. The summed E-state index contributed by atoms with van der Waals surface area (Å²) in [5, 5.41) is 22.7. The van der Waals surface area contributed by atoms with Crippen LogP contribution in [-0.4, -0.2) is 38.6 Å². The number of carbonyl (C=O) groups is 1. The molecular formula is C9H10F3N3O5. The number of halogens is 3. The van der Waals surface area contributed by atoms with Crippen molar-refractivity contribution in [2.75, 3.05) is 6.61 Å². The monoisotopic (exact) mass is 297 g/mol. The molecule has 1 atom stereocenters. The molecule has 0 saturated carbocycles. The molecule has 0 bridgehead atoms. The SMILES string of the molecule is C[C@@H](CC(=O)O)n1cc([N+](=O)[O-])c(OCC(F)(F)F)n1. The van der Waals surface area contributed by atoms with Gasteiger partial charge >= 0.3 is 23.7 Å². The van der Waals surface area contributed by atoms with E-state index in [1.807, 2.05) is 0 Å². The van der Waals surface area contributed by atoms with E-state index in [4.69, 9.17) is 5.11 Å². The van der Waals surface area contributed by atoms with Crippen molar-refractivity contribution in [2.24, 2.45) is 0 Å². The molecule has 0 radical (unpaired) electrons. The molecule has 20 heavy (non-hydrogen) atoms. The van der Waals surface area contributed by atoms with Crippen LogP contribution < -0.4 is 4.74 Å². The summed E-state index contributed by atoms with van der Waals surface area (Å²) in [5.74, 6) is -1.97. The van der Waals surface area contributed by atoms with Gasteiger partial charge in [0.05, 0.1) is 17.4 Å². The number of hydrogen-bond acceptors (Lipinski definition) is 5. The Balaban J connectivity index is 2.96. The van der Waals surface area contributed by atoms with Gasteiger partial charge in [-0.25, -0.2) is 0 Å². The van der Waals surface area contributed by atoms with E-state index in [1.165, 1.54) is 6.92 Å². The van der Waals surface area contributed by atoms with Gasteiger partial charge in [0.25, 0.3) is 0 Å². The van der Waals surface area contributed by atoms with E-state index < -0.39 is 47.7 Å². The maximum atomic E-state index is 12.0. The molecule has 0 aliphatic rings. The minimum atomic E-state index is -4.66. The quantitative estimate of drug-likeness (QED) is 0.633. The Bertz CT molecular complexity index is 513. The van der Waals surface area contributed by atoms with E-state index in [0.29, 0.717) is 0 Å². The van der Waals surface area contributed by atoms with Crippen LogP contribution >= 0.6 is 0 Å².